The SMILES string of the molecule is CC(C)N1CCC(Oc2ccc([N+](=O)[O-])cn2)CC1.O=[N+]([O-])c1ccc(OC2CCNCC2)nc1. The molecule has 0 bridgehead atoms. The van der Waals surface area contributed by atoms with Crippen molar-refractivity contribution in [3.05, 3.63) is 56.9 Å². The van der Waals surface area contributed by atoms with Crippen LogP contribution in [0.1, 0.15) is 39.5 Å². The maximum atomic E-state index is 10.5. The molecule has 0 saturated carbocycles. The highest BCUT2D eigenvalue weighted by atomic mass is 16.6. The second kappa shape index (κ2) is 12.9. The van der Waals surface area contributed by atoms with Gasteiger partial charge in [-0.2, -0.15) is 0 Å². The van der Waals surface area contributed by atoms with Crippen LogP contribution in [-0.4, -0.2) is 69.1 Å². The highest BCUT2D eigenvalue weighted by Gasteiger charge is 2.22. The van der Waals surface area contributed by atoms with Crippen molar-refractivity contribution in [2.24, 2.45) is 0 Å². The number of aromatic nitrogens is 2. The smallest absolute Gasteiger partial charge is 0.287 e. The molecule has 35 heavy (non-hydrogen) atoms. The Morgan fingerprint density at radius 2 is 1.31 bits per heavy atom. The summed E-state index contributed by atoms with van der Waals surface area (Å²) in [6.45, 7) is 8.32. The average Bonchev–Trinajstić information content (AvgIpc) is 2.86. The van der Waals surface area contributed by atoms with Gasteiger partial charge in [0.25, 0.3) is 11.4 Å². The summed E-state index contributed by atoms with van der Waals surface area (Å²) in [6.07, 6.45) is 6.60. The van der Waals surface area contributed by atoms with E-state index < -0.39 is 9.85 Å². The van der Waals surface area contributed by atoms with Gasteiger partial charge in [-0.3, -0.25) is 20.2 Å². The maximum absolute atomic E-state index is 10.5. The van der Waals surface area contributed by atoms with Gasteiger partial charge < -0.3 is 19.7 Å². The third-order valence-electron chi connectivity index (χ3n) is 5.93. The molecule has 0 unspecified atom stereocenters. The van der Waals surface area contributed by atoms with Crippen LogP contribution in [0.2, 0.25) is 0 Å². The topological polar surface area (TPSA) is 146 Å². The van der Waals surface area contributed by atoms with Crippen LogP contribution < -0.4 is 14.8 Å². The Morgan fingerprint density at radius 3 is 1.69 bits per heavy atom. The van der Waals surface area contributed by atoms with E-state index in [0.29, 0.717) is 17.8 Å². The van der Waals surface area contributed by atoms with Gasteiger partial charge in [-0.1, -0.05) is 0 Å². The molecule has 2 aromatic heterocycles. The molecule has 0 atom stereocenters. The number of hydrogen-bond acceptors (Lipinski definition) is 10. The molecule has 1 N–H and O–H groups in total. The van der Waals surface area contributed by atoms with E-state index in [1.165, 1.54) is 24.5 Å². The molecule has 0 aliphatic carbocycles. The number of pyridine rings is 2. The molecule has 2 aliphatic heterocycles. The van der Waals surface area contributed by atoms with E-state index in [2.05, 4.69) is 34.0 Å². The Balaban J connectivity index is 0.000000198. The Morgan fingerprint density at radius 1 is 0.857 bits per heavy atom. The van der Waals surface area contributed by atoms with E-state index in [-0.39, 0.29) is 23.6 Å². The summed E-state index contributed by atoms with van der Waals surface area (Å²) in [5.41, 5.74) is -0.0281. The predicted octanol–water partition coefficient (Wildman–Crippen LogP) is 3.36. The highest BCUT2D eigenvalue weighted by Crippen LogP contribution is 2.20. The number of nitrogens with one attached hydrogen (secondary N) is 1. The normalized spacial score (nSPS) is 17.3. The molecule has 0 spiro atoms. The van der Waals surface area contributed by atoms with Crippen LogP contribution in [0.15, 0.2) is 36.7 Å². The fraction of sp³-hybridized carbons (Fsp3) is 0.565. The Labute approximate surface area is 204 Å². The fourth-order valence-corrected chi connectivity index (χ4v) is 3.87. The van der Waals surface area contributed by atoms with E-state index in [0.717, 1.165) is 51.9 Å². The Bertz CT molecular complexity index is 942. The van der Waals surface area contributed by atoms with Gasteiger partial charge in [-0.05, 0) is 52.6 Å². The van der Waals surface area contributed by atoms with Crippen molar-refractivity contribution in [3.8, 4) is 11.8 Å². The van der Waals surface area contributed by atoms with Gasteiger partial charge in [0.15, 0.2) is 0 Å². The summed E-state index contributed by atoms with van der Waals surface area (Å²) < 4.78 is 11.4. The number of ether oxygens (including phenoxy) is 2. The fourth-order valence-electron chi connectivity index (χ4n) is 3.87. The summed E-state index contributed by atoms with van der Waals surface area (Å²) in [7, 11) is 0. The van der Waals surface area contributed by atoms with E-state index in [9.17, 15) is 20.2 Å². The molecular formula is C23H32N6O6. The first-order chi connectivity index (χ1) is 16.8. The van der Waals surface area contributed by atoms with Gasteiger partial charge in [0.05, 0.1) is 9.85 Å². The number of piperidine rings is 2. The lowest BCUT2D eigenvalue weighted by Crippen LogP contribution is -2.41. The monoisotopic (exact) mass is 488 g/mol. The molecule has 0 aromatic carbocycles. The molecule has 12 nitrogen and oxygen atoms in total. The average molecular weight is 489 g/mol. The molecule has 2 fully saturated rings. The second-order valence-electron chi connectivity index (χ2n) is 8.74. The van der Waals surface area contributed by atoms with E-state index in [1.54, 1.807) is 12.1 Å². The van der Waals surface area contributed by atoms with Gasteiger partial charge in [-0.25, -0.2) is 9.97 Å². The van der Waals surface area contributed by atoms with E-state index in [1.807, 2.05) is 0 Å². The molecule has 4 rings (SSSR count). The van der Waals surface area contributed by atoms with Crippen LogP contribution in [0, 0.1) is 20.2 Å². The van der Waals surface area contributed by atoms with Crippen molar-refractivity contribution in [3.63, 3.8) is 0 Å². The van der Waals surface area contributed by atoms with E-state index in [4.69, 9.17) is 9.47 Å². The molecule has 4 heterocycles. The van der Waals surface area contributed by atoms with Gasteiger partial charge >= 0.3 is 0 Å². The van der Waals surface area contributed by atoms with E-state index >= 15 is 0 Å². The van der Waals surface area contributed by atoms with Gasteiger partial charge in [0.2, 0.25) is 11.8 Å². The molecule has 190 valence electrons. The second-order valence-corrected chi connectivity index (χ2v) is 8.74. The number of likely N-dealkylation sites (tertiary alicyclic amines) is 1. The van der Waals surface area contributed by atoms with Gasteiger partial charge in [0, 0.05) is 43.4 Å². The Hall–Kier alpha value is -3.38. The lowest BCUT2D eigenvalue weighted by atomic mass is 10.1. The van der Waals surface area contributed by atoms with Gasteiger partial charge in [-0.15, -0.1) is 0 Å². The largest absolute Gasteiger partial charge is 0.474 e. The summed E-state index contributed by atoms with van der Waals surface area (Å²) in [4.78, 5) is 30.3. The maximum Gasteiger partial charge on any atom is 0.287 e. The summed E-state index contributed by atoms with van der Waals surface area (Å²) in [5.74, 6) is 0.922. The number of rotatable bonds is 7. The van der Waals surface area contributed by atoms with Crippen molar-refractivity contribution < 1.29 is 19.3 Å². The minimum absolute atomic E-state index is 0.0121. The first kappa shape index (κ1) is 26.2. The van der Waals surface area contributed by atoms with Crippen molar-refractivity contribution in [2.45, 2.75) is 57.8 Å². The molecule has 2 aromatic rings. The van der Waals surface area contributed by atoms with Gasteiger partial charge in [0.1, 0.15) is 24.6 Å². The number of nitrogens with zero attached hydrogens (tertiary/aromatic N) is 5. The first-order valence-electron chi connectivity index (χ1n) is 11.8. The number of nitro groups is 2. The minimum atomic E-state index is -0.471. The molecule has 12 heteroatoms. The third kappa shape index (κ3) is 8.41. The lowest BCUT2D eigenvalue weighted by molar-refractivity contribution is -0.385. The first-order valence-corrected chi connectivity index (χ1v) is 11.8. The van der Waals surface area contributed by atoms with Crippen molar-refractivity contribution in [1.82, 2.24) is 20.2 Å². The van der Waals surface area contributed by atoms with Crippen molar-refractivity contribution in [2.75, 3.05) is 26.2 Å². The molecular weight excluding hydrogens is 456 g/mol. The molecule has 0 radical (unpaired) electrons. The molecule has 0 amide bonds. The summed E-state index contributed by atoms with van der Waals surface area (Å²) >= 11 is 0. The zero-order chi connectivity index (χ0) is 25.2. The van der Waals surface area contributed by atoms with Crippen LogP contribution in [0.3, 0.4) is 0 Å². The molecule has 2 saturated heterocycles. The number of hydrogen-bond donors (Lipinski definition) is 1. The van der Waals surface area contributed by atoms with Crippen LogP contribution in [-0.2, 0) is 0 Å². The predicted molar refractivity (Wildman–Crippen MR) is 129 cm³/mol. The Kier molecular flexibility index (Phi) is 9.67. The van der Waals surface area contributed by atoms with Crippen LogP contribution in [0.5, 0.6) is 11.8 Å². The lowest BCUT2D eigenvalue weighted by Gasteiger charge is -2.34. The zero-order valence-corrected chi connectivity index (χ0v) is 20.0. The van der Waals surface area contributed by atoms with Crippen molar-refractivity contribution in [1.29, 1.82) is 0 Å². The summed E-state index contributed by atoms with van der Waals surface area (Å²) in [5, 5.41) is 24.2. The minimum Gasteiger partial charge on any atom is -0.474 e. The quantitative estimate of drug-likeness (QED) is 0.454. The zero-order valence-electron chi connectivity index (χ0n) is 20.0. The third-order valence-corrected chi connectivity index (χ3v) is 5.93. The molecule has 2 aliphatic rings. The van der Waals surface area contributed by atoms with Crippen LogP contribution in [0.25, 0.3) is 0 Å². The standard InChI is InChI=1S/C13H19N3O3.C10H13N3O3/c1-10(2)15-7-5-12(6-8-15)19-13-4-3-11(9-14-13)16(17)18;14-13(15)8-1-2-10(12-7-8)16-9-3-5-11-6-4-9/h3-4,9-10,12H,5-8H2,1-2H3;1-2,7,9,11H,3-6H2. The van der Waals surface area contributed by atoms with Crippen molar-refractivity contribution >= 4 is 11.4 Å². The highest BCUT2D eigenvalue weighted by molar-refractivity contribution is 5.29. The van der Waals surface area contributed by atoms with Crippen LogP contribution in [0.4, 0.5) is 11.4 Å². The summed E-state index contributed by atoms with van der Waals surface area (Å²) in [6, 6.07) is 6.50. The van der Waals surface area contributed by atoms with Crippen LogP contribution >= 0.6 is 0 Å².